The number of pyridine rings is 1. The fourth-order valence-corrected chi connectivity index (χ4v) is 5.03. The van der Waals surface area contributed by atoms with E-state index in [0.717, 1.165) is 43.1 Å². The maximum absolute atomic E-state index is 13.0. The molecule has 40 heavy (non-hydrogen) atoms. The molecule has 0 aliphatic carbocycles. The van der Waals surface area contributed by atoms with E-state index in [1.807, 2.05) is 36.4 Å². The number of carbonyl (C=O) groups is 1. The molecule has 2 aromatic rings. The number of piperazine rings is 1. The SMILES string of the molecule is CN1CCN(c2ccc(NC3=NC=C4C(=O)NC/C=C\CCC(C)(O)c5cccc(n5)NC4N3)cc2CO)CC1. The highest BCUT2D eigenvalue weighted by molar-refractivity contribution is 6.01. The Morgan fingerprint density at radius 1 is 1.12 bits per heavy atom. The number of carbonyl (C=O) groups excluding carboxylic acids is 1. The summed E-state index contributed by atoms with van der Waals surface area (Å²) in [5, 5.41) is 33.8. The summed E-state index contributed by atoms with van der Waals surface area (Å²) in [7, 11) is 2.12. The number of aromatic nitrogens is 1. The van der Waals surface area contributed by atoms with Gasteiger partial charge in [-0.3, -0.25) is 4.79 Å². The Hall–Kier alpha value is -3.93. The molecule has 0 radical (unpaired) electrons. The normalized spacial score (nSPS) is 24.8. The number of nitrogens with zero attached hydrogens (tertiary/aromatic N) is 4. The van der Waals surface area contributed by atoms with Crippen molar-refractivity contribution in [3.05, 3.63) is 71.6 Å². The number of hydrogen-bond acceptors (Lipinski definition) is 10. The minimum absolute atomic E-state index is 0.0776. The molecule has 2 unspecified atom stereocenters. The fourth-order valence-electron chi connectivity index (χ4n) is 5.03. The highest BCUT2D eigenvalue weighted by Crippen LogP contribution is 2.27. The third kappa shape index (κ3) is 6.44. The molecule has 2 atom stereocenters. The van der Waals surface area contributed by atoms with Gasteiger partial charge in [0.2, 0.25) is 5.96 Å². The molecule has 5 rings (SSSR count). The standard InChI is InChI=1S/C29H38N8O3/c1-29(40)11-4-3-5-12-30-27(39)22-18-31-28(35-26(22)34-25-8-6-7-24(29)33-25)32-21-9-10-23(20(17-21)19-38)37-15-13-36(2)14-16-37/h3,5-10,17-18,26,38,40H,4,11-16,19H2,1-2H3,(H,30,39)(H,33,34)(H2,31,32,35)/b5-3-. The van der Waals surface area contributed by atoms with E-state index in [4.69, 9.17) is 0 Å². The van der Waals surface area contributed by atoms with E-state index < -0.39 is 11.8 Å². The van der Waals surface area contributed by atoms with Crippen LogP contribution >= 0.6 is 0 Å². The lowest BCUT2D eigenvalue weighted by Crippen LogP contribution is -2.50. The third-order valence-electron chi connectivity index (χ3n) is 7.48. The van der Waals surface area contributed by atoms with E-state index in [1.165, 1.54) is 6.20 Å². The molecule has 11 nitrogen and oxygen atoms in total. The summed E-state index contributed by atoms with van der Waals surface area (Å²) in [4.78, 5) is 26.7. The zero-order valence-electron chi connectivity index (χ0n) is 23.0. The first-order valence-corrected chi connectivity index (χ1v) is 13.7. The minimum atomic E-state index is -1.09. The van der Waals surface area contributed by atoms with Gasteiger partial charge in [-0.15, -0.1) is 0 Å². The number of anilines is 3. The molecule has 6 N–H and O–H groups in total. The zero-order chi connectivity index (χ0) is 28.1. The summed E-state index contributed by atoms with van der Waals surface area (Å²) in [6.45, 7) is 5.83. The van der Waals surface area contributed by atoms with Crippen LogP contribution in [0, 0.1) is 0 Å². The molecule has 1 aromatic heterocycles. The van der Waals surface area contributed by atoms with Crippen LogP contribution in [0.25, 0.3) is 0 Å². The molecule has 3 aliphatic rings. The molecule has 4 heterocycles. The van der Waals surface area contributed by atoms with Crippen LogP contribution in [0.5, 0.6) is 0 Å². The Balaban J connectivity index is 1.38. The number of fused-ring (bicyclic) bond motifs is 3. The van der Waals surface area contributed by atoms with Gasteiger partial charge in [0.25, 0.3) is 5.91 Å². The number of nitrogens with one attached hydrogen (secondary N) is 4. The van der Waals surface area contributed by atoms with E-state index >= 15 is 0 Å². The lowest BCUT2D eigenvalue weighted by atomic mass is 9.95. The minimum Gasteiger partial charge on any atom is -0.392 e. The average molecular weight is 547 g/mol. The van der Waals surface area contributed by atoms with Crippen molar-refractivity contribution in [3.63, 3.8) is 0 Å². The van der Waals surface area contributed by atoms with Crippen molar-refractivity contribution in [1.82, 2.24) is 20.5 Å². The maximum atomic E-state index is 13.0. The monoisotopic (exact) mass is 546 g/mol. The van der Waals surface area contributed by atoms with Crippen LogP contribution in [0.2, 0.25) is 0 Å². The first-order valence-electron chi connectivity index (χ1n) is 13.7. The van der Waals surface area contributed by atoms with Gasteiger partial charge < -0.3 is 41.3 Å². The molecule has 1 aromatic carbocycles. The van der Waals surface area contributed by atoms with Gasteiger partial charge in [-0.05, 0) is 57.1 Å². The molecule has 1 amide bonds. The first kappa shape index (κ1) is 27.6. The fraction of sp³-hybridized carbons (Fsp3) is 0.414. The number of rotatable bonds is 3. The zero-order valence-corrected chi connectivity index (χ0v) is 23.0. The van der Waals surface area contributed by atoms with Gasteiger partial charge in [0.1, 0.15) is 17.6 Å². The Labute approximate surface area is 234 Å². The van der Waals surface area contributed by atoms with Gasteiger partial charge in [-0.25, -0.2) is 9.98 Å². The molecule has 2 bridgehead atoms. The first-order chi connectivity index (χ1) is 19.3. The maximum Gasteiger partial charge on any atom is 0.253 e. The van der Waals surface area contributed by atoms with E-state index in [0.29, 0.717) is 42.4 Å². The molecule has 0 saturated carbocycles. The summed E-state index contributed by atoms with van der Waals surface area (Å²) in [6, 6.07) is 11.3. The Bertz CT molecular complexity index is 1310. The second kappa shape index (κ2) is 12.1. The van der Waals surface area contributed by atoms with Crippen molar-refractivity contribution in [1.29, 1.82) is 0 Å². The molecular weight excluding hydrogens is 508 g/mol. The van der Waals surface area contributed by atoms with Crippen LogP contribution < -0.4 is 26.2 Å². The summed E-state index contributed by atoms with van der Waals surface area (Å²) in [5.74, 6) is 0.702. The lowest BCUT2D eigenvalue weighted by molar-refractivity contribution is -0.117. The quantitative estimate of drug-likeness (QED) is 0.318. The number of amides is 1. The number of benzene rings is 1. The summed E-state index contributed by atoms with van der Waals surface area (Å²) in [6.07, 6.45) is 5.88. The Kier molecular flexibility index (Phi) is 8.34. The van der Waals surface area contributed by atoms with Gasteiger partial charge in [0.05, 0.1) is 17.9 Å². The Morgan fingerprint density at radius 3 is 2.75 bits per heavy atom. The highest BCUT2D eigenvalue weighted by atomic mass is 16.3. The van der Waals surface area contributed by atoms with Gasteiger partial charge >= 0.3 is 0 Å². The number of aliphatic imine (C=N–C) groups is 1. The van der Waals surface area contributed by atoms with E-state index in [-0.39, 0.29) is 12.5 Å². The number of aliphatic hydroxyl groups is 2. The molecule has 11 heteroatoms. The predicted octanol–water partition coefficient (Wildman–Crippen LogP) is 1.69. The smallest absolute Gasteiger partial charge is 0.253 e. The van der Waals surface area contributed by atoms with Crippen molar-refractivity contribution in [3.8, 4) is 0 Å². The van der Waals surface area contributed by atoms with E-state index in [2.05, 4.69) is 48.1 Å². The van der Waals surface area contributed by atoms with Gasteiger partial charge in [0.15, 0.2) is 0 Å². The molecular formula is C29H38N8O3. The third-order valence-corrected chi connectivity index (χ3v) is 7.48. The van der Waals surface area contributed by atoms with Gasteiger partial charge in [-0.1, -0.05) is 18.2 Å². The molecule has 1 fully saturated rings. The number of allylic oxidation sites excluding steroid dienone is 1. The number of guanidine groups is 1. The number of aliphatic hydroxyl groups excluding tert-OH is 1. The summed E-state index contributed by atoms with van der Waals surface area (Å²) >= 11 is 0. The highest BCUT2D eigenvalue weighted by Gasteiger charge is 2.28. The van der Waals surface area contributed by atoms with Crippen LogP contribution in [-0.2, 0) is 17.0 Å². The second-order valence-electron chi connectivity index (χ2n) is 10.6. The van der Waals surface area contributed by atoms with Crippen LogP contribution in [0.1, 0.15) is 31.0 Å². The van der Waals surface area contributed by atoms with Crippen molar-refractivity contribution in [2.45, 2.75) is 38.1 Å². The van der Waals surface area contributed by atoms with Crippen LogP contribution in [0.4, 0.5) is 17.2 Å². The van der Waals surface area contributed by atoms with Crippen molar-refractivity contribution >= 4 is 29.1 Å². The number of hydrogen-bond donors (Lipinski definition) is 6. The molecule has 1 saturated heterocycles. The predicted molar refractivity (Wildman–Crippen MR) is 157 cm³/mol. The molecule has 212 valence electrons. The molecule has 3 aliphatic heterocycles. The lowest BCUT2D eigenvalue weighted by Gasteiger charge is -2.35. The van der Waals surface area contributed by atoms with Gasteiger partial charge in [-0.2, -0.15) is 0 Å². The van der Waals surface area contributed by atoms with Crippen molar-refractivity contribution in [2.75, 3.05) is 55.3 Å². The topological polar surface area (TPSA) is 137 Å². The van der Waals surface area contributed by atoms with E-state index in [9.17, 15) is 15.0 Å². The largest absolute Gasteiger partial charge is 0.392 e. The van der Waals surface area contributed by atoms with E-state index in [1.54, 1.807) is 19.1 Å². The van der Waals surface area contributed by atoms with Crippen molar-refractivity contribution in [2.24, 2.45) is 4.99 Å². The Morgan fingerprint density at radius 2 is 1.95 bits per heavy atom. The summed E-state index contributed by atoms with van der Waals surface area (Å²) in [5.41, 5.74) is 2.48. The van der Waals surface area contributed by atoms with Crippen LogP contribution in [0.3, 0.4) is 0 Å². The molecule has 0 spiro atoms. The van der Waals surface area contributed by atoms with Gasteiger partial charge in [0, 0.05) is 55.9 Å². The number of likely N-dealkylation sites (N-methyl/N-ethyl adjacent to an activating group) is 1. The van der Waals surface area contributed by atoms with Crippen LogP contribution in [0.15, 0.2) is 65.3 Å². The average Bonchev–Trinajstić information content (AvgIpc) is 2.95. The van der Waals surface area contributed by atoms with Crippen LogP contribution in [-0.4, -0.2) is 77.9 Å². The second-order valence-corrected chi connectivity index (χ2v) is 10.6. The van der Waals surface area contributed by atoms with Crippen molar-refractivity contribution < 1.29 is 15.0 Å². The summed E-state index contributed by atoms with van der Waals surface area (Å²) < 4.78 is 0.